The van der Waals surface area contributed by atoms with E-state index in [1.165, 1.54) is 18.3 Å². The number of rotatable bonds is 8. The number of nitrogens with one attached hydrogen (secondary N) is 2. The van der Waals surface area contributed by atoms with Crippen LogP contribution in [0.1, 0.15) is 27.0 Å². The van der Waals surface area contributed by atoms with Crippen LogP contribution in [0, 0.1) is 12.7 Å². The maximum atomic E-state index is 13.2. The van der Waals surface area contributed by atoms with Gasteiger partial charge in [-0.25, -0.2) is 9.82 Å². The number of carbonyl (C=O) groups is 2. The van der Waals surface area contributed by atoms with Gasteiger partial charge in [-0.1, -0.05) is 60.2 Å². The zero-order valence-corrected chi connectivity index (χ0v) is 19.1. The third kappa shape index (κ3) is 6.29. The summed E-state index contributed by atoms with van der Waals surface area (Å²) in [7, 11) is 0. The van der Waals surface area contributed by atoms with Gasteiger partial charge in [0.05, 0.1) is 12.8 Å². The van der Waals surface area contributed by atoms with E-state index in [1.807, 2.05) is 49.4 Å². The van der Waals surface area contributed by atoms with Crippen molar-refractivity contribution >= 4 is 28.8 Å². The van der Waals surface area contributed by atoms with Gasteiger partial charge in [-0.05, 0) is 53.6 Å². The fourth-order valence-electron chi connectivity index (χ4n) is 3.53. The highest BCUT2D eigenvalue weighted by Gasteiger charge is 2.10. The molecule has 0 aromatic heterocycles. The van der Waals surface area contributed by atoms with Crippen molar-refractivity contribution in [3.63, 3.8) is 0 Å². The summed E-state index contributed by atoms with van der Waals surface area (Å²) in [5, 5.41) is 8.54. The summed E-state index contributed by atoms with van der Waals surface area (Å²) < 4.78 is 19.2. The van der Waals surface area contributed by atoms with Gasteiger partial charge in [0, 0.05) is 11.1 Å². The lowest BCUT2D eigenvalue weighted by Crippen LogP contribution is -2.34. The molecule has 0 spiro atoms. The minimum atomic E-state index is -0.462. The van der Waals surface area contributed by atoms with E-state index in [4.69, 9.17) is 4.74 Å². The number of nitrogens with zero attached hydrogens (tertiary/aromatic N) is 1. The number of ether oxygens (including phenoxy) is 1. The van der Waals surface area contributed by atoms with E-state index in [0.717, 1.165) is 21.9 Å². The summed E-state index contributed by atoms with van der Waals surface area (Å²) in [5.41, 5.74) is 5.39. The smallest absolute Gasteiger partial charge is 0.259 e. The molecule has 4 aromatic carbocycles. The summed E-state index contributed by atoms with van der Waals surface area (Å²) >= 11 is 0. The first-order chi connectivity index (χ1) is 17.0. The molecule has 0 heterocycles. The van der Waals surface area contributed by atoms with Crippen LogP contribution in [0.2, 0.25) is 0 Å². The van der Waals surface area contributed by atoms with Gasteiger partial charge < -0.3 is 10.1 Å². The van der Waals surface area contributed by atoms with Crippen molar-refractivity contribution in [2.75, 3.05) is 6.54 Å². The largest absolute Gasteiger partial charge is 0.488 e. The molecule has 4 rings (SSSR count). The summed E-state index contributed by atoms with van der Waals surface area (Å²) in [4.78, 5) is 24.4. The average molecular weight is 470 g/mol. The predicted octanol–water partition coefficient (Wildman–Crippen LogP) is 4.75. The Kier molecular flexibility index (Phi) is 7.47. The molecule has 2 N–H and O–H groups in total. The van der Waals surface area contributed by atoms with Crippen LogP contribution in [-0.2, 0) is 11.4 Å². The van der Waals surface area contributed by atoms with Gasteiger partial charge in [0.15, 0.2) is 0 Å². The highest BCUT2D eigenvalue weighted by atomic mass is 19.1. The Morgan fingerprint density at radius 3 is 2.57 bits per heavy atom. The molecule has 7 heteroatoms. The summed E-state index contributed by atoms with van der Waals surface area (Å²) in [6, 6.07) is 24.7. The number of hydrogen-bond acceptors (Lipinski definition) is 4. The number of hydrogen-bond donors (Lipinski definition) is 2. The molecule has 35 heavy (non-hydrogen) atoms. The lowest BCUT2D eigenvalue weighted by molar-refractivity contribution is -0.120. The molecule has 0 aliphatic rings. The summed E-state index contributed by atoms with van der Waals surface area (Å²) in [6.45, 7) is 1.92. The summed E-state index contributed by atoms with van der Waals surface area (Å²) in [5.74, 6) is -0.536. The fraction of sp³-hybridized carbons (Fsp3) is 0.107. The third-order valence-corrected chi connectivity index (χ3v) is 5.31. The van der Waals surface area contributed by atoms with Crippen molar-refractivity contribution < 1.29 is 18.7 Å². The van der Waals surface area contributed by atoms with E-state index >= 15 is 0 Å². The molecule has 0 saturated heterocycles. The third-order valence-electron chi connectivity index (χ3n) is 5.31. The lowest BCUT2D eigenvalue weighted by atomic mass is 10.0. The Labute approximate surface area is 202 Å². The topological polar surface area (TPSA) is 79.8 Å². The van der Waals surface area contributed by atoms with Crippen LogP contribution in [0.15, 0.2) is 90.0 Å². The van der Waals surface area contributed by atoms with E-state index < -0.39 is 5.91 Å². The molecule has 0 unspecified atom stereocenters. The molecule has 0 aliphatic heterocycles. The van der Waals surface area contributed by atoms with Crippen LogP contribution in [0.25, 0.3) is 10.8 Å². The minimum Gasteiger partial charge on any atom is -0.488 e. The molecular formula is C28H24FN3O3. The molecule has 0 aliphatic carbocycles. The van der Waals surface area contributed by atoms with Gasteiger partial charge in [-0.3, -0.25) is 9.59 Å². The minimum absolute atomic E-state index is 0.215. The van der Waals surface area contributed by atoms with Crippen LogP contribution in [0.3, 0.4) is 0 Å². The Morgan fingerprint density at radius 1 is 0.971 bits per heavy atom. The number of fused-ring (bicyclic) bond motifs is 1. The highest BCUT2D eigenvalue weighted by Crippen LogP contribution is 2.27. The standard InChI is InChI=1S/C28H24FN3O3/c1-19-5-4-7-22(15-19)28(34)30-17-27(33)32-31-16-25-24-8-3-2-6-21(24)11-14-26(25)35-18-20-9-12-23(29)13-10-20/h2-16H,17-18H2,1H3,(H,30,34)(H,32,33). The van der Waals surface area contributed by atoms with Gasteiger partial charge in [-0.2, -0.15) is 5.10 Å². The number of carbonyl (C=O) groups excluding carboxylic acids is 2. The molecule has 2 amide bonds. The SMILES string of the molecule is Cc1cccc(C(=O)NCC(=O)NN=Cc2c(OCc3ccc(F)cc3)ccc3ccccc23)c1. The lowest BCUT2D eigenvalue weighted by Gasteiger charge is -2.12. The molecule has 4 aromatic rings. The van der Waals surface area contributed by atoms with E-state index in [-0.39, 0.29) is 24.9 Å². The van der Waals surface area contributed by atoms with Crippen LogP contribution >= 0.6 is 0 Å². The zero-order chi connectivity index (χ0) is 24.6. The number of hydrazone groups is 1. The fourth-order valence-corrected chi connectivity index (χ4v) is 3.53. The monoisotopic (exact) mass is 469 g/mol. The second-order valence-corrected chi connectivity index (χ2v) is 7.96. The van der Waals surface area contributed by atoms with E-state index in [1.54, 1.807) is 30.3 Å². The van der Waals surface area contributed by atoms with E-state index in [2.05, 4.69) is 15.8 Å². The van der Waals surface area contributed by atoms with Crippen molar-refractivity contribution in [3.05, 3.63) is 113 Å². The second-order valence-electron chi connectivity index (χ2n) is 7.96. The van der Waals surface area contributed by atoms with Crippen molar-refractivity contribution in [1.29, 1.82) is 0 Å². The maximum absolute atomic E-state index is 13.2. The normalized spacial score (nSPS) is 10.9. The molecule has 176 valence electrons. The Balaban J connectivity index is 1.43. The van der Waals surface area contributed by atoms with E-state index in [0.29, 0.717) is 16.9 Å². The van der Waals surface area contributed by atoms with Crippen LogP contribution in [0.4, 0.5) is 4.39 Å². The van der Waals surface area contributed by atoms with Crippen molar-refractivity contribution in [2.45, 2.75) is 13.5 Å². The number of benzene rings is 4. The van der Waals surface area contributed by atoms with Gasteiger partial charge in [0.25, 0.3) is 11.8 Å². The van der Waals surface area contributed by atoms with Crippen LogP contribution in [-0.4, -0.2) is 24.6 Å². The number of halogens is 1. The van der Waals surface area contributed by atoms with Crippen molar-refractivity contribution in [3.8, 4) is 5.75 Å². The zero-order valence-electron chi connectivity index (χ0n) is 19.1. The van der Waals surface area contributed by atoms with Crippen molar-refractivity contribution in [1.82, 2.24) is 10.7 Å². The molecular weight excluding hydrogens is 445 g/mol. The number of aryl methyl sites for hydroxylation is 1. The highest BCUT2D eigenvalue weighted by molar-refractivity contribution is 6.03. The Hall–Kier alpha value is -4.52. The molecule has 0 atom stereocenters. The second kappa shape index (κ2) is 11.1. The van der Waals surface area contributed by atoms with Gasteiger partial charge >= 0.3 is 0 Å². The van der Waals surface area contributed by atoms with Gasteiger partial charge in [0.1, 0.15) is 18.2 Å². The Morgan fingerprint density at radius 2 is 1.77 bits per heavy atom. The molecule has 0 radical (unpaired) electrons. The van der Waals surface area contributed by atoms with Crippen molar-refractivity contribution in [2.24, 2.45) is 5.10 Å². The average Bonchev–Trinajstić information content (AvgIpc) is 2.87. The number of amides is 2. The van der Waals surface area contributed by atoms with Crippen LogP contribution < -0.4 is 15.5 Å². The van der Waals surface area contributed by atoms with Gasteiger partial charge in [0.2, 0.25) is 0 Å². The maximum Gasteiger partial charge on any atom is 0.259 e. The first-order valence-corrected chi connectivity index (χ1v) is 11.1. The molecule has 0 bridgehead atoms. The summed E-state index contributed by atoms with van der Waals surface area (Å²) in [6.07, 6.45) is 1.52. The Bertz CT molecular complexity index is 1380. The molecule has 0 fully saturated rings. The first kappa shape index (κ1) is 23.6. The van der Waals surface area contributed by atoms with Crippen LogP contribution in [0.5, 0.6) is 5.75 Å². The molecule has 0 saturated carbocycles. The van der Waals surface area contributed by atoms with E-state index in [9.17, 15) is 14.0 Å². The first-order valence-electron chi connectivity index (χ1n) is 11.1. The molecule has 6 nitrogen and oxygen atoms in total. The predicted molar refractivity (Wildman–Crippen MR) is 134 cm³/mol. The quantitative estimate of drug-likeness (QED) is 0.289. The van der Waals surface area contributed by atoms with Gasteiger partial charge in [-0.15, -0.1) is 0 Å².